The summed E-state index contributed by atoms with van der Waals surface area (Å²) in [6.45, 7) is 0. The monoisotopic (exact) mass is 164 g/mol. The topological polar surface area (TPSA) is 47.3 Å². The summed E-state index contributed by atoms with van der Waals surface area (Å²) in [5.74, 6) is 0.196. The third-order valence-corrected chi connectivity index (χ3v) is 1.61. The Morgan fingerprint density at radius 3 is 2.50 bits per heavy atom. The first-order valence-electron chi connectivity index (χ1n) is 3.74. The molecular weight excluding hydrogens is 152 g/mol. The van der Waals surface area contributed by atoms with Crippen molar-refractivity contribution in [1.82, 2.24) is 5.06 Å². The second kappa shape index (κ2) is 3.88. The Hall–Kier alpha value is -1.35. The normalized spacial score (nSPS) is 9.50. The molecule has 0 saturated heterocycles. The largest absolute Gasteiger partial charge is 0.288 e. The zero-order chi connectivity index (χ0) is 8.97. The highest BCUT2D eigenvalue weighted by atomic mass is 16.5. The number of benzene rings is 1. The van der Waals surface area contributed by atoms with E-state index >= 15 is 0 Å². The van der Waals surface area contributed by atoms with E-state index in [-0.39, 0.29) is 5.84 Å². The SMILES string of the molecule is CN(O)C(=N)Cc1ccccc1. The Balaban J connectivity index is 2.59. The van der Waals surface area contributed by atoms with Gasteiger partial charge in [0.05, 0.1) is 0 Å². The molecule has 0 saturated carbocycles. The van der Waals surface area contributed by atoms with Gasteiger partial charge in [-0.05, 0) is 5.56 Å². The standard InChI is InChI=1S/C9H12N2O/c1-11(12)9(10)7-8-5-3-2-4-6-8/h2-6,10,12H,7H2,1H3. The van der Waals surface area contributed by atoms with Gasteiger partial charge in [0, 0.05) is 13.5 Å². The first-order chi connectivity index (χ1) is 5.70. The number of nitrogens with one attached hydrogen (secondary N) is 1. The molecule has 0 radical (unpaired) electrons. The summed E-state index contributed by atoms with van der Waals surface area (Å²) in [6, 6.07) is 9.62. The summed E-state index contributed by atoms with van der Waals surface area (Å²) in [4.78, 5) is 0. The van der Waals surface area contributed by atoms with Crippen LogP contribution in [0.1, 0.15) is 5.56 Å². The van der Waals surface area contributed by atoms with E-state index in [9.17, 15) is 0 Å². The van der Waals surface area contributed by atoms with Crippen molar-refractivity contribution in [3.8, 4) is 0 Å². The van der Waals surface area contributed by atoms with Crippen LogP contribution < -0.4 is 0 Å². The molecule has 0 bridgehead atoms. The molecular formula is C9H12N2O. The van der Waals surface area contributed by atoms with Crippen molar-refractivity contribution in [2.24, 2.45) is 0 Å². The fourth-order valence-corrected chi connectivity index (χ4v) is 0.904. The first kappa shape index (κ1) is 8.74. The van der Waals surface area contributed by atoms with Crippen molar-refractivity contribution in [2.75, 3.05) is 7.05 Å². The molecule has 3 nitrogen and oxygen atoms in total. The van der Waals surface area contributed by atoms with Crippen molar-refractivity contribution >= 4 is 5.84 Å². The van der Waals surface area contributed by atoms with Gasteiger partial charge in [0.25, 0.3) is 0 Å². The average Bonchev–Trinajstić information content (AvgIpc) is 2.06. The Bertz CT molecular complexity index is 256. The van der Waals surface area contributed by atoms with Gasteiger partial charge in [-0.2, -0.15) is 0 Å². The van der Waals surface area contributed by atoms with E-state index in [1.165, 1.54) is 7.05 Å². The Morgan fingerprint density at radius 2 is 2.00 bits per heavy atom. The van der Waals surface area contributed by atoms with E-state index in [0.29, 0.717) is 6.42 Å². The Labute approximate surface area is 71.7 Å². The number of hydrogen-bond acceptors (Lipinski definition) is 2. The number of nitrogens with zero attached hydrogens (tertiary/aromatic N) is 1. The molecule has 0 amide bonds. The Kier molecular flexibility index (Phi) is 2.82. The highest BCUT2D eigenvalue weighted by Crippen LogP contribution is 2.00. The second-order valence-corrected chi connectivity index (χ2v) is 2.63. The van der Waals surface area contributed by atoms with Crippen LogP contribution in [0.4, 0.5) is 0 Å². The van der Waals surface area contributed by atoms with Crippen LogP contribution in [0.2, 0.25) is 0 Å². The van der Waals surface area contributed by atoms with Gasteiger partial charge in [-0.25, -0.2) is 5.06 Å². The van der Waals surface area contributed by atoms with Gasteiger partial charge in [0.2, 0.25) is 0 Å². The van der Waals surface area contributed by atoms with E-state index in [2.05, 4.69) is 0 Å². The number of hydrogen-bond donors (Lipinski definition) is 2. The van der Waals surface area contributed by atoms with E-state index in [4.69, 9.17) is 10.6 Å². The number of likely N-dealkylation sites (N-methyl/N-ethyl adjacent to an activating group) is 1. The molecule has 0 atom stereocenters. The van der Waals surface area contributed by atoms with Crippen LogP contribution in [0, 0.1) is 5.41 Å². The molecule has 0 spiro atoms. The van der Waals surface area contributed by atoms with Crippen molar-refractivity contribution in [2.45, 2.75) is 6.42 Å². The maximum atomic E-state index is 8.89. The van der Waals surface area contributed by atoms with Crippen LogP contribution in [0.25, 0.3) is 0 Å². The van der Waals surface area contributed by atoms with Crippen LogP contribution in [-0.2, 0) is 6.42 Å². The van der Waals surface area contributed by atoms with Crippen LogP contribution in [0.3, 0.4) is 0 Å². The van der Waals surface area contributed by atoms with Crippen molar-refractivity contribution in [3.05, 3.63) is 35.9 Å². The van der Waals surface area contributed by atoms with Crippen LogP contribution in [0.5, 0.6) is 0 Å². The summed E-state index contributed by atoms with van der Waals surface area (Å²) in [5, 5.41) is 17.1. The van der Waals surface area contributed by atoms with E-state index in [0.717, 1.165) is 10.6 Å². The molecule has 0 aliphatic carbocycles. The molecule has 0 aliphatic rings. The molecule has 1 rings (SSSR count). The minimum Gasteiger partial charge on any atom is -0.288 e. The van der Waals surface area contributed by atoms with Gasteiger partial charge in [-0.1, -0.05) is 30.3 Å². The van der Waals surface area contributed by atoms with E-state index < -0.39 is 0 Å². The lowest BCUT2D eigenvalue weighted by Crippen LogP contribution is -2.23. The number of amidine groups is 1. The summed E-state index contributed by atoms with van der Waals surface area (Å²) in [6.07, 6.45) is 0.466. The molecule has 2 N–H and O–H groups in total. The molecule has 64 valence electrons. The summed E-state index contributed by atoms with van der Waals surface area (Å²) < 4.78 is 0. The Morgan fingerprint density at radius 1 is 1.42 bits per heavy atom. The maximum absolute atomic E-state index is 8.89. The molecule has 3 heteroatoms. The van der Waals surface area contributed by atoms with Crippen LogP contribution >= 0.6 is 0 Å². The van der Waals surface area contributed by atoms with Crippen molar-refractivity contribution in [1.29, 1.82) is 5.41 Å². The number of hydroxylamine groups is 2. The maximum Gasteiger partial charge on any atom is 0.124 e. The molecule has 0 aromatic heterocycles. The first-order valence-corrected chi connectivity index (χ1v) is 3.74. The van der Waals surface area contributed by atoms with Gasteiger partial charge in [0.1, 0.15) is 5.84 Å². The smallest absolute Gasteiger partial charge is 0.124 e. The van der Waals surface area contributed by atoms with Crippen LogP contribution in [0.15, 0.2) is 30.3 Å². The third-order valence-electron chi connectivity index (χ3n) is 1.61. The van der Waals surface area contributed by atoms with Crippen molar-refractivity contribution in [3.63, 3.8) is 0 Å². The highest BCUT2D eigenvalue weighted by molar-refractivity contribution is 5.80. The molecule has 12 heavy (non-hydrogen) atoms. The molecule has 0 aliphatic heterocycles. The lowest BCUT2D eigenvalue weighted by molar-refractivity contribution is 0.0106. The predicted octanol–water partition coefficient (Wildman–Crippen LogP) is 1.53. The predicted molar refractivity (Wildman–Crippen MR) is 47.4 cm³/mol. The molecule has 1 aromatic rings. The van der Waals surface area contributed by atoms with Gasteiger partial charge in [-0.3, -0.25) is 10.6 Å². The van der Waals surface area contributed by atoms with E-state index in [1.54, 1.807) is 0 Å². The molecule has 1 aromatic carbocycles. The fraction of sp³-hybridized carbons (Fsp3) is 0.222. The minimum absolute atomic E-state index is 0.196. The van der Waals surface area contributed by atoms with Crippen molar-refractivity contribution < 1.29 is 5.21 Å². The van der Waals surface area contributed by atoms with Gasteiger partial charge < -0.3 is 0 Å². The zero-order valence-electron chi connectivity index (χ0n) is 6.99. The quantitative estimate of drug-likeness (QED) is 0.395. The van der Waals surface area contributed by atoms with E-state index in [1.807, 2.05) is 30.3 Å². The molecule has 0 fully saturated rings. The van der Waals surface area contributed by atoms with Crippen LogP contribution in [-0.4, -0.2) is 23.2 Å². The minimum atomic E-state index is 0.196. The lowest BCUT2D eigenvalue weighted by atomic mass is 10.1. The second-order valence-electron chi connectivity index (χ2n) is 2.63. The molecule has 0 heterocycles. The van der Waals surface area contributed by atoms with Gasteiger partial charge in [0.15, 0.2) is 0 Å². The summed E-state index contributed by atoms with van der Waals surface area (Å²) in [7, 11) is 1.45. The lowest BCUT2D eigenvalue weighted by Gasteiger charge is -2.10. The third kappa shape index (κ3) is 2.36. The zero-order valence-corrected chi connectivity index (χ0v) is 6.99. The molecule has 0 unspecified atom stereocenters. The van der Waals surface area contributed by atoms with Gasteiger partial charge >= 0.3 is 0 Å². The average molecular weight is 164 g/mol. The van der Waals surface area contributed by atoms with Gasteiger partial charge in [-0.15, -0.1) is 0 Å². The highest BCUT2D eigenvalue weighted by Gasteiger charge is 2.00. The fourth-order valence-electron chi connectivity index (χ4n) is 0.904. The number of rotatable bonds is 2. The summed E-state index contributed by atoms with van der Waals surface area (Å²) >= 11 is 0. The summed E-state index contributed by atoms with van der Waals surface area (Å²) in [5.41, 5.74) is 1.03.